The second-order valence-electron chi connectivity index (χ2n) is 8.49. The standard InChI is InChI=1S/C25H26N4O2/c1-16-9-7-8-12-21(16)24(30)27-14-13-20(15-27)28-18(3)22-17(2)26-29(23(22)25(28)31)19-10-5-4-6-11-19/h4-12,18,20H,13-15H2,1-3H3. The number of carbonyl (C=O) groups excluding carboxylic acids is 2. The second kappa shape index (κ2) is 7.38. The van der Waals surface area contributed by atoms with Crippen molar-refractivity contribution in [3.63, 3.8) is 0 Å². The van der Waals surface area contributed by atoms with Crippen LogP contribution in [0.25, 0.3) is 5.69 Å². The van der Waals surface area contributed by atoms with Crippen LogP contribution in [-0.2, 0) is 0 Å². The van der Waals surface area contributed by atoms with Crippen molar-refractivity contribution in [3.05, 3.63) is 82.7 Å². The van der Waals surface area contributed by atoms with Gasteiger partial charge in [-0.1, -0.05) is 36.4 Å². The molecule has 2 aromatic carbocycles. The molecule has 31 heavy (non-hydrogen) atoms. The maximum absolute atomic E-state index is 13.6. The van der Waals surface area contributed by atoms with Gasteiger partial charge in [-0.3, -0.25) is 9.59 Å². The summed E-state index contributed by atoms with van der Waals surface area (Å²) in [6, 6.07) is 17.4. The van der Waals surface area contributed by atoms with E-state index in [2.05, 4.69) is 12.0 Å². The van der Waals surface area contributed by atoms with Crippen molar-refractivity contribution in [3.8, 4) is 5.69 Å². The van der Waals surface area contributed by atoms with E-state index in [-0.39, 0.29) is 23.9 Å². The van der Waals surface area contributed by atoms with Crippen LogP contribution in [0.5, 0.6) is 0 Å². The number of hydrogen-bond donors (Lipinski definition) is 0. The third kappa shape index (κ3) is 3.05. The predicted octanol–water partition coefficient (Wildman–Crippen LogP) is 3.92. The van der Waals surface area contributed by atoms with E-state index in [1.54, 1.807) is 4.68 Å². The molecule has 2 aliphatic rings. The number of carbonyl (C=O) groups is 2. The molecule has 2 atom stereocenters. The Morgan fingerprint density at radius 1 is 1.03 bits per heavy atom. The quantitative estimate of drug-likeness (QED) is 0.653. The van der Waals surface area contributed by atoms with Crippen molar-refractivity contribution in [1.29, 1.82) is 0 Å². The van der Waals surface area contributed by atoms with Crippen LogP contribution < -0.4 is 0 Å². The van der Waals surface area contributed by atoms with Crippen molar-refractivity contribution < 1.29 is 9.59 Å². The first-order valence-electron chi connectivity index (χ1n) is 10.8. The van der Waals surface area contributed by atoms with Gasteiger partial charge in [-0.05, 0) is 51.0 Å². The molecular formula is C25H26N4O2. The molecule has 158 valence electrons. The lowest BCUT2D eigenvalue weighted by Crippen LogP contribution is -2.41. The van der Waals surface area contributed by atoms with Gasteiger partial charge in [0.25, 0.3) is 11.8 Å². The molecule has 2 unspecified atom stereocenters. The number of hydrogen-bond acceptors (Lipinski definition) is 3. The Kier molecular flexibility index (Phi) is 4.65. The Hall–Kier alpha value is -3.41. The van der Waals surface area contributed by atoms with Gasteiger partial charge in [0.05, 0.1) is 23.5 Å². The van der Waals surface area contributed by atoms with E-state index in [9.17, 15) is 9.59 Å². The van der Waals surface area contributed by atoms with Crippen LogP contribution in [-0.4, -0.2) is 50.5 Å². The SMILES string of the molecule is Cc1ccccc1C(=O)N1CCC(N2C(=O)c3c(c(C)nn3-c3ccccc3)C2C)C1. The summed E-state index contributed by atoms with van der Waals surface area (Å²) in [5.74, 6) is 0.0474. The van der Waals surface area contributed by atoms with Gasteiger partial charge in [-0.25, -0.2) is 4.68 Å². The van der Waals surface area contributed by atoms with Gasteiger partial charge in [-0.2, -0.15) is 5.10 Å². The molecule has 1 aromatic heterocycles. The molecule has 5 rings (SSSR count). The number of amides is 2. The topological polar surface area (TPSA) is 58.4 Å². The number of nitrogens with zero attached hydrogens (tertiary/aromatic N) is 4. The Morgan fingerprint density at radius 3 is 2.48 bits per heavy atom. The highest BCUT2D eigenvalue weighted by atomic mass is 16.2. The van der Waals surface area contributed by atoms with Crippen LogP contribution in [0.1, 0.15) is 57.1 Å². The van der Waals surface area contributed by atoms with E-state index >= 15 is 0 Å². The molecule has 0 radical (unpaired) electrons. The zero-order chi connectivity index (χ0) is 21.7. The smallest absolute Gasteiger partial charge is 0.273 e. The monoisotopic (exact) mass is 414 g/mol. The molecule has 0 aliphatic carbocycles. The number of aryl methyl sites for hydroxylation is 2. The number of rotatable bonds is 3. The van der Waals surface area contributed by atoms with E-state index in [1.165, 1.54) is 0 Å². The van der Waals surface area contributed by atoms with Crippen LogP contribution >= 0.6 is 0 Å². The van der Waals surface area contributed by atoms with E-state index in [0.29, 0.717) is 18.8 Å². The summed E-state index contributed by atoms with van der Waals surface area (Å²) >= 11 is 0. The van der Waals surface area contributed by atoms with Crippen LogP contribution in [0.2, 0.25) is 0 Å². The van der Waals surface area contributed by atoms with Gasteiger partial charge in [0.1, 0.15) is 5.69 Å². The van der Waals surface area contributed by atoms with Gasteiger partial charge in [-0.15, -0.1) is 0 Å². The zero-order valence-corrected chi connectivity index (χ0v) is 18.1. The zero-order valence-electron chi connectivity index (χ0n) is 18.1. The normalized spacial score (nSPS) is 20.4. The van der Waals surface area contributed by atoms with Gasteiger partial charge in [0, 0.05) is 24.2 Å². The number of fused-ring (bicyclic) bond motifs is 1. The van der Waals surface area contributed by atoms with Crippen LogP contribution in [0.3, 0.4) is 0 Å². The first-order valence-corrected chi connectivity index (χ1v) is 10.8. The molecule has 0 N–H and O–H groups in total. The molecule has 0 spiro atoms. The summed E-state index contributed by atoms with van der Waals surface area (Å²) in [5, 5.41) is 4.66. The van der Waals surface area contributed by atoms with Crippen molar-refractivity contribution in [2.24, 2.45) is 0 Å². The highest BCUT2D eigenvalue weighted by Gasteiger charge is 2.45. The van der Waals surface area contributed by atoms with Crippen LogP contribution in [0.15, 0.2) is 54.6 Å². The number of para-hydroxylation sites is 1. The Bertz CT molecular complexity index is 1170. The van der Waals surface area contributed by atoms with E-state index < -0.39 is 0 Å². The van der Waals surface area contributed by atoms with Gasteiger partial charge in [0.15, 0.2) is 0 Å². The fourth-order valence-electron chi connectivity index (χ4n) is 5.06. The summed E-state index contributed by atoms with van der Waals surface area (Å²) < 4.78 is 1.77. The number of aromatic nitrogens is 2. The van der Waals surface area contributed by atoms with E-state index in [4.69, 9.17) is 0 Å². The fraction of sp³-hybridized carbons (Fsp3) is 0.320. The molecule has 2 aliphatic heterocycles. The first-order chi connectivity index (χ1) is 15.0. The molecule has 3 heterocycles. The molecule has 1 saturated heterocycles. The molecule has 1 fully saturated rings. The third-order valence-electron chi connectivity index (χ3n) is 6.60. The minimum atomic E-state index is -0.0570. The highest BCUT2D eigenvalue weighted by Crippen LogP contribution is 2.39. The minimum absolute atomic E-state index is 0.00198. The lowest BCUT2D eigenvalue weighted by Gasteiger charge is -2.29. The van der Waals surface area contributed by atoms with Gasteiger partial charge >= 0.3 is 0 Å². The molecule has 6 heteroatoms. The van der Waals surface area contributed by atoms with Gasteiger partial charge < -0.3 is 9.80 Å². The minimum Gasteiger partial charge on any atom is -0.336 e. The molecular weight excluding hydrogens is 388 g/mol. The number of likely N-dealkylation sites (tertiary alicyclic amines) is 1. The largest absolute Gasteiger partial charge is 0.336 e. The Labute approximate surface area is 182 Å². The number of benzene rings is 2. The Balaban J connectivity index is 1.41. The van der Waals surface area contributed by atoms with Crippen molar-refractivity contribution >= 4 is 11.8 Å². The maximum atomic E-state index is 13.6. The van der Waals surface area contributed by atoms with E-state index in [1.807, 2.05) is 78.2 Å². The third-order valence-corrected chi connectivity index (χ3v) is 6.60. The molecule has 3 aromatic rings. The molecule has 6 nitrogen and oxygen atoms in total. The van der Waals surface area contributed by atoms with Crippen LogP contribution in [0.4, 0.5) is 0 Å². The fourth-order valence-corrected chi connectivity index (χ4v) is 5.06. The summed E-state index contributed by atoms with van der Waals surface area (Å²) in [6.07, 6.45) is 0.787. The lowest BCUT2D eigenvalue weighted by atomic mass is 10.1. The second-order valence-corrected chi connectivity index (χ2v) is 8.49. The lowest BCUT2D eigenvalue weighted by molar-refractivity contribution is 0.0618. The Morgan fingerprint density at radius 2 is 1.74 bits per heavy atom. The average Bonchev–Trinajstić information content (AvgIpc) is 3.45. The summed E-state index contributed by atoms with van der Waals surface area (Å²) in [6.45, 7) is 7.22. The first kappa shape index (κ1) is 19.5. The molecule has 0 bridgehead atoms. The predicted molar refractivity (Wildman–Crippen MR) is 118 cm³/mol. The van der Waals surface area contributed by atoms with Crippen molar-refractivity contribution in [2.45, 2.75) is 39.3 Å². The summed E-state index contributed by atoms with van der Waals surface area (Å²) in [5.41, 5.74) is 5.14. The van der Waals surface area contributed by atoms with Crippen LogP contribution in [0, 0.1) is 13.8 Å². The maximum Gasteiger partial charge on any atom is 0.273 e. The molecule has 2 amide bonds. The van der Waals surface area contributed by atoms with Gasteiger partial charge in [0.2, 0.25) is 0 Å². The summed E-state index contributed by atoms with van der Waals surface area (Å²) in [4.78, 5) is 30.5. The van der Waals surface area contributed by atoms with E-state index in [0.717, 1.165) is 34.5 Å². The molecule has 0 saturated carbocycles. The average molecular weight is 415 g/mol. The van der Waals surface area contributed by atoms with Crippen molar-refractivity contribution in [2.75, 3.05) is 13.1 Å². The van der Waals surface area contributed by atoms with Crippen molar-refractivity contribution in [1.82, 2.24) is 19.6 Å². The summed E-state index contributed by atoms with van der Waals surface area (Å²) in [7, 11) is 0. The highest BCUT2D eigenvalue weighted by molar-refractivity contribution is 5.99.